The molecular formula is C12H20N4OS. The van der Waals surface area contributed by atoms with Gasteiger partial charge in [0.05, 0.1) is 6.04 Å². The van der Waals surface area contributed by atoms with Crippen LogP contribution in [0.5, 0.6) is 0 Å². The van der Waals surface area contributed by atoms with Crippen LogP contribution in [0, 0.1) is 0 Å². The zero-order valence-electron chi connectivity index (χ0n) is 10.8. The molecular weight excluding hydrogens is 248 g/mol. The summed E-state index contributed by atoms with van der Waals surface area (Å²) in [6, 6.07) is 0.716. The van der Waals surface area contributed by atoms with Crippen LogP contribution in [0.25, 0.3) is 0 Å². The monoisotopic (exact) mass is 268 g/mol. The van der Waals surface area contributed by atoms with Gasteiger partial charge in [-0.15, -0.1) is 10.2 Å². The van der Waals surface area contributed by atoms with Crippen molar-refractivity contribution in [3.8, 4) is 0 Å². The molecule has 3 rings (SSSR count). The highest BCUT2D eigenvalue weighted by atomic mass is 32.2. The lowest BCUT2D eigenvalue weighted by atomic mass is 10.1. The summed E-state index contributed by atoms with van der Waals surface area (Å²) >= 11 is 0. The van der Waals surface area contributed by atoms with E-state index in [-0.39, 0.29) is 6.04 Å². The molecule has 1 unspecified atom stereocenters. The molecule has 1 aromatic rings. The van der Waals surface area contributed by atoms with Gasteiger partial charge in [0.2, 0.25) is 0 Å². The maximum Gasteiger partial charge on any atom is 0.149 e. The lowest BCUT2D eigenvalue weighted by Gasteiger charge is -2.26. The number of hydrogen-bond acceptors (Lipinski definition) is 4. The van der Waals surface area contributed by atoms with Gasteiger partial charge in [0, 0.05) is 41.3 Å². The van der Waals surface area contributed by atoms with E-state index in [1.165, 1.54) is 6.42 Å². The molecule has 5 nitrogen and oxygen atoms in total. The van der Waals surface area contributed by atoms with E-state index in [4.69, 9.17) is 0 Å². The van der Waals surface area contributed by atoms with Crippen LogP contribution in [0.4, 0.5) is 0 Å². The van der Waals surface area contributed by atoms with E-state index in [9.17, 15) is 4.21 Å². The summed E-state index contributed by atoms with van der Waals surface area (Å²) in [4.78, 5) is 0. The molecule has 3 heterocycles. The molecule has 1 N–H and O–H groups in total. The zero-order chi connectivity index (χ0) is 12.5. The molecule has 0 spiro atoms. The quantitative estimate of drug-likeness (QED) is 0.880. The normalized spacial score (nSPS) is 29.2. The highest BCUT2D eigenvalue weighted by Crippen LogP contribution is 2.20. The predicted molar refractivity (Wildman–Crippen MR) is 70.8 cm³/mol. The summed E-state index contributed by atoms with van der Waals surface area (Å²) in [5.74, 6) is 3.86. The van der Waals surface area contributed by atoms with Gasteiger partial charge in [0.15, 0.2) is 0 Å². The van der Waals surface area contributed by atoms with Gasteiger partial charge < -0.3 is 9.88 Å². The van der Waals surface area contributed by atoms with Gasteiger partial charge in [-0.05, 0) is 26.2 Å². The van der Waals surface area contributed by atoms with E-state index < -0.39 is 10.8 Å². The Labute approximate surface area is 110 Å². The van der Waals surface area contributed by atoms with Crippen LogP contribution in [-0.2, 0) is 23.8 Å². The number of fused-ring (bicyclic) bond motifs is 1. The summed E-state index contributed by atoms with van der Waals surface area (Å²) in [6.07, 6.45) is 4.27. The average molecular weight is 268 g/mol. The smallest absolute Gasteiger partial charge is 0.149 e. The van der Waals surface area contributed by atoms with Gasteiger partial charge in [-0.1, -0.05) is 0 Å². The van der Waals surface area contributed by atoms with E-state index in [0.717, 1.165) is 49.0 Å². The minimum atomic E-state index is -0.585. The van der Waals surface area contributed by atoms with Crippen LogP contribution in [0.2, 0.25) is 0 Å². The fraction of sp³-hybridized carbons (Fsp3) is 0.833. The van der Waals surface area contributed by atoms with Gasteiger partial charge in [-0.3, -0.25) is 4.21 Å². The molecule has 2 aliphatic heterocycles. The molecule has 0 aliphatic carbocycles. The summed E-state index contributed by atoms with van der Waals surface area (Å²) in [7, 11) is -0.585. The molecule has 1 atom stereocenters. The van der Waals surface area contributed by atoms with Crippen molar-refractivity contribution in [2.45, 2.75) is 51.2 Å². The Bertz CT molecular complexity index is 449. The molecule has 0 aromatic carbocycles. The third-order valence-electron chi connectivity index (χ3n) is 3.90. The van der Waals surface area contributed by atoms with Gasteiger partial charge in [0.1, 0.15) is 11.6 Å². The molecule has 0 amide bonds. The lowest BCUT2D eigenvalue weighted by molar-refractivity contribution is 0.407. The Morgan fingerprint density at radius 1 is 1.39 bits per heavy atom. The van der Waals surface area contributed by atoms with Crippen molar-refractivity contribution < 1.29 is 4.21 Å². The third kappa shape index (κ3) is 2.36. The third-order valence-corrected chi connectivity index (χ3v) is 5.28. The lowest BCUT2D eigenvalue weighted by Crippen LogP contribution is -2.38. The maximum atomic E-state index is 11.3. The van der Waals surface area contributed by atoms with Crippen LogP contribution >= 0.6 is 0 Å². The Kier molecular flexibility index (Phi) is 3.48. The van der Waals surface area contributed by atoms with Crippen LogP contribution < -0.4 is 5.32 Å². The van der Waals surface area contributed by atoms with Crippen molar-refractivity contribution >= 4 is 10.8 Å². The fourth-order valence-corrected chi connectivity index (χ4v) is 4.18. The molecule has 1 aromatic heterocycles. The first-order valence-electron chi connectivity index (χ1n) is 6.77. The van der Waals surface area contributed by atoms with Gasteiger partial charge in [-0.2, -0.15) is 0 Å². The summed E-state index contributed by atoms with van der Waals surface area (Å²) in [5, 5.41) is 12.2. The van der Waals surface area contributed by atoms with Crippen molar-refractivity contribution in [1.29, 1.82) is 0 Å². The van der Waals surface area contributed by atoms with Crippen molar-refractivity contribution in [2.75, 3.05) is 11.5 Å². The number of aromatic nitrogens is 3. The van der Waals surface area contributed by atoms with E-state index in [0.29, 0.717) is 6.04 Å². The molecule has 0 saturated carbocycles. The zero-order valence-corrected chi connectivity index (χ0v) is 11.6. The average Bonchev–Trinajstić information content (AvgIpc) is 2.93. The standard InChI is InChI=1S/C12H20N4OS/c1-9(13-10-4-7-18(17)8-5-10)12-15-14-11-3-2-6-16(11)12/h9-10,13H,2-8H2,1H3. The minimum absolute atomic E-state index is 0.237. The first-order valence-corrected chi connectivity index (χ1v) is 8.26. The molecule has 6 heteroatoms. The van der Waals surface area contributed by atoms with Crippen LogP contribution in [0.15, 0.2) is 0 Å². The van der Waals surface area contributed by atoms with E-state index >= 15 is 0 Å². The number of aryl methyl sites for hydroxylation is 1. The highest BCUT2D eigenvalue weighted by molar-refractivity contribution is 7.85. The van der Waals surface area contributed by atoms with Crippen LogP contribution in [0.3, 0.4) is 0 Å². The maximum absolute atomic E-state index is 11.3. The highest BCUT2D eigenvalue weighted by Gasteiger charge is 2.24. The second-order valence-corrected chi connectivity index (χ2v) is 6.94. The van der Waals surface area contributed by atoms with Crippen molar-refractivity contribution in [3.63, 3.8) is 0 Å². The van der Waals surface area contributed by atoms with Crippen LogP contribution in [-0.4, -0.2) is 36.5 Å². The second-order valence-electron chi connectivity index (χ2n) is 5.24. The van der Waals surface area contributed by atoms with E-state index in [2.05, 4.69) is 27.0 Å². The molecule has 1 fully saturated rings. The number of rotatable bonds is 3. The predicted octanol–water partition coefficient (Wildman–Crippen LogP) is 0.786. The first kappa shape index (κ1) is 12.3. The topological polar surface area (TPSA) is 59.8 Å². The van der Waals surface area contributed by atoms with Gasteiger partial charge >= 0.3 is 0 Å². The fourth-order valence-electron chi connectivity index (χ4n) is 2.88. The van der Waals surface area contributed by atoms with Gasteiger partial charge in [-0.25, -0.2) is 0 Å². The summed E-state index contributed by atoms with van der Waals surface area (Å²) in [6.45, 7) is 3.21. The van der Waals surface area contributed by atoms with Crippen molar-refractivity contribution in [1.82, 2.24) is 20.1 Å². The van der Waals surface area contributed by atoms with E-state index in [1.807, 2.05) is 0 Å². The van der Waals surface area contributed by atoms with Crippen molar-refractivity contribution in [2.24, 2.45) is 0 Å². The van der Waals surface area contributed by atoms with Gasteiger partial charge in [0.25, 0.3) is 0 Å². The van der Waals surface area contributed by atoms with Crippen LogP contribution in [0.1, 0.15) is 43.9 Å². The SMILES string of the molecule is CC(NC1CCS(=O)CC1)c1nnc2n1CCC2. The minimum Gasteiger partial charge on any atom is -0.314 e. The molecule has 2 aliphatic rings. The summed E-state index contributed by atoms with van der Waals surface area (Å²) < 4.78 is 13.6. The molecule has 1 saturated heterocycles. The molecule has 0 bridgehead atoms. The Morgan fingerprint density at radius 2 is 2.17 bits per heavy atom. The Hall–Kier alpha value is -0.750. The molecule has 100 valence electrons. The van der Waals surface area contributed by atoms with E-state index in [1.54, 1.807) is 0 Å². The second kappa shape index (κ2) is 5.09. The Balaban J connectivity index is 1.64. The molecule has 18 heavy (non-hydrogen) atoms. The largest absolute Gasteiger partial charge is 0.314 e. The first-order chi connectivity index (χ1) is 8.74. The summed E-state index contributed by atoms with van der Waals surface area (Å²) in [5.41, 5.74) is 0. The molecule has 0 radical (unpaired) electrons. The van der Waals surface area contributed by atoms with Crippen molar-refractivity contribution in [3.05, 3.63) is 11.6 Å². The number of nitrogens with zero attached hydrogens (tertiary/aromatic N) is 3. The number of nitrogens with one attached hydrogen (secondary N) is 1. The number of hydrogen-bond donors (Lipinski definition) is 1. The Morgan fingerprint density at radius 3 is 2.94 bits per heavy atom.